The highest BCUT2D eigenvalue weighted by atomic mass is 16.6. The zero-order valence-corrected chi connectivity index (χ0v) is 26.8. The number of carbonyl (C=O) groups is 2. The van der Waals surface area contributed by atoms with Crippen LogP contribution in [0.4, 0.5) is 0 Å². The predicted molar refractivity (Wildman–Crippen MR) is 167 cm³/mol. The molecule has 1 aromatic rings. The summed E-state index contributed by atoms with van der Waals surface area (Å²) in [7, 11) is 0. The minimum atomic E-state index is -0.143. The molecule has 0 spiro atoms. The molecule has 0 atom stereocenters. The van der Waals surface area contributed by atoms with Crippen molar-refractivity contribution >= 4 is 12.3 Å². The van der Waals surface area contributed by atoms with Gasteiger partial charge in [0.1, 0.15) is 25.2 Å². The van der Waals surface area contributed by atoms with Gasteiger partial charge < -0.3 is 42.6 Å². The summed E-state index contributed by atoms with van der Waals surface area (Å²) in [5, 5.41) is 0. The van der Waals surface area contributed by atoms with Crippen molar-refractivity contribution < 1.29 is 52.2 Å². The molecular weight excluding hydrogens is 572 g/mol. The topological polar surface area (TPSA) is 117 Å². The maximum Gasteiger partial charge on any atom is 0.305 e. The van der Waals surface area contributed by atoms with Crippen LogP contribution in [0.1, 0.15) is 68.6 Å². The summed E-state index contributed by atoms with van der Waals surface area (Å²) < 4.78 is 48.9. The Bertz CT molecular complexity index is 761. The van der Waals surface area contributed by atoms with Gasteiger partial charge in [0.2, 0.25) is 0 Å². The molecule has 0 aliphatic rings. The third-order valence-electron chi connectivity index (χ3n) is 6.22. The summed E-state index contributed by atoms with van der Waals surface area (Å²) in [6, 6.07) is 6.93. The zero-order valence-electron chi connectivity index (χ0n) is 26.8. The highest BCUT2D eigenvalue weighted by Crippen LogP contribution is 2.11. The Morgan fingerprint density at radius 1 is 0.523 bits per heavy atom. The summed E-state index contributed by atoms with van der Waals surface area (Å²) in [6.07, 6.45) is 9.58. The lowest BCUT2D eigenvalue weighted by Gasteiger charge is -2.09. The van der Waals surface area contributed by atoms with Crippen molar-refractivity contribution in [2.75, 3.05) is 106 Å². The van der Waals surface area contributed by atoms with E-state index in [0.717, 1.165) is 19.1 Å². The lowest BCUT2D eigenvalue weighted by atomic mass is 10.1. The molecule has 0 amide bonds. The van der Waals surface area contributed by atoms with Gasteiger partial charge in [0.05, 0.1) is 92.5 Å². The molecule has 0 aliphatic heterocycles. The van der Waals surface area contributed by atoms with Crippen LogP contribution in [0.25, 0.3) is 0 Å². The number of ether oxygens (including phenoxy) is 9. The second-order valence-electron chi connectivity index (χ2n) is 9.91. The first-order valence-electron chi connectivity index (χ1n) is 16.1. The molecule has 1 rings (SSSR count). The third kappa shape index (κ3) is 27.4. The molecule has 0 unspecified atom stereocenters. The van der Waals surface area contributed by atoms with E-state index in [0.29, 0.717) is 117 Å². The minimum absolute atomic E-state index is 0.143. The van der Waals surface area contributed by atoms with Crippen LogP contribution >= 0.6 is 0 Å². The van der Waals surface area contributed by atoms with E-state index in [4.69, 9.17) is 42.6 Å². The highest BCUT2D eigenvalue weighted by Gasteiger charge is 2.03. The van der Waals surface area contributed by atoms with Gasteiger partial charge in [-0.1, -0.05) is 45.4 Å². The Hall–Kier alpha value is -2.12. The van der Waals surface area contributed by atoms with Crippen molar-refractivity contribution in [3.05, 3.63) is 29.8 Å². The van der Waals surface area contributed by atoms with Gasteiger partial charge in [0, 0.05) is 12.0 Å². The van der Waals surface area contributed by atoms with Crippen LogP contribution in [-0.2, 0) is 42.7 Å². The van der Waals surface area contributed by atoms with Crippen LogP contribution in [0.2, 0.25) is 0 Å². The number of unbranched alkanes of at least 4 members (excludes halogenated alkanes) is 6. The Balaban J connectivity index is 1.67. The maximum atomic E-state index is 11.7. The van der Waals surface area contributed by atoms with Crippen molar-refractivity contribution in [3.63, 3.8) is 0 Å². The van der Waals surface area contributed by atoms with Crippen LogP contribution in [0.3, 0.4) is 0 Å². The fourth-order valence-electron chi connectivity index (χ4n) is 3.80. The molecule has 0 aliphatic carbocycles. The first-order chi connectivity index (χ1) is 21.8. The van der Waals surface area contributed by atoms with Gasteiger partial charge in [0.15, 0.2) is 0 Å². The number of carbonyl (C=O) groups excluding carboxylic acids is 2. The number of hydrogen-bond donors (Lipinski definition) is 0. The number of rotatable bonds is 34. The molecule has 11 nitrogen and oxygen atoms in total. The molecule has 0 radical (unpaired) electrons. The van der Waals surface area contributed by atoms with Gasteiger partial charge >= 0.3 is 5.97 Å². The van der Waals surface area contributed by atoms with E-state index in [2.05, 4.69) is 6.92 Å². The number of esters is 1. The SMILES string of the molecule is CCCCCCCCCC(=O)OCCOCCOCCOCCOCCOCCOCCOCCOc1ccc(C=O)cc1. The quantitative estimate of drug-likeness (QED) is 0.0602. The first kappa shape index (κ1) is 39.9. The van der Waals surface area contributed by atoms with Gasteiger partial charge in [-0.15, -0.1) is 0 Å². The molecule has 0 bridgehead atoms. The number of benzene rings is 1. The van der Waals surface area contributed by atoms with E-state index >= 15 is 0 Å². The van der Waals surface area contributed by atoms with Crippen LogP contribution in [0.15, 0.2) is 24.3 Å². The summed E-state index contributed by atoms with van der Waals surface area (Å²) in [5.41, 5.74) is 0.618. The molecule has 0 N–H and O–H groups in total. The summed E-state index contributed by atoms with van der Waals surface area (Å²) in [6.45, 7) is 9.57. The molecule has 11 heteroatoms. The van der Waals surface area contributed by atoms with Crippen molar-refractivity contribution in [2.24, 2.45) is 0 Å². The normalized spacial score (nSPS) is 11.1. The Labute approximate surface area is 264 Å². The maximum absolute atomic E-state index is 11.7. The van der Waals surface area contributed by atoms with Crippen LogP contribution in [0.5, 0.6) is 5.75 Å². The van der Waals surface area contributed by atoms with Gasteiger partial charge in [-0.05, 0) is 30.7 Å². The van der Waals surface area contributed by atoms with Crippen molar-refractivity contribution in [1.82, 2.24) is 0 Å². The molecule has 0 fully saturated rings. The Morgan fingerprint density at radius 2 is 0.909 bits per heavy atom. The van der Waals surface area contributed by atoms with Gasteiger partial charge in [-0.3, -0.25) is 9.59 Å². The van der Waals surface area contributed by atoms with E-state index in [-0.39, 0.29) is 12.6 Å². The highest BCUT2D eigenvalue weighted by molar-refractivity contribution is 5.74. The average molecular weight is 629 g/mol. The molecule has 0 aromatic heterocycles. The molecule has 0 saturated carbocycles. The molecule has 44 heavy (non-hydrogen) atoms. The second-order valence-corrected chi connectivity index (χ2v) is 9.91. The number of hydrogen-bond acceptors (Lipinski definition) is 11. The zero-order chi connectivity index (χ0) is 31.6. The van der Waals surface area contributed by atoms with Gasteiger partial charge in [-0.2, -0.15) is 0 Å². The van der Waals surface area contributed by atoms with Gasteiger partial charge in [0.25, 0.3) is 0 Å². The molecule has 1 aromatic carbocycles. The van der Waals surface area contributed by atoms with Crippen molar-refractivity contribution in [3.8, 4) is 5.75 Å². The van der Waals surface area contributed by atoms with E-state index in [1.807, 2.05) is 0 Å². The average Bonchev–Trinajstić information content (AvgIpc) is 3.04. The fraction of sp³-hybridized carbons (Fsp3) is 0.758. The summed E-state index contributed by atoms with van der Waals surface area (Å²) in [4.78, 5) is 22.3. The van der Waals surface area contributed by atoms with Gasteiger partial charge in [-0.25, -0.2) is 0 Å². The Kier molecular flexibility index (Phi) is 29.3. The lowest BCUT2D eigenvalue weighted by Crippen LogP contribution is -2.15. The predicted octanol–water partition coefficient (Wildman–Crippen LogP) is 4.68. The van der Waals surface area contributed by atoms with E-state index in [1.165, 1.54) is 32.1 Å². The monoisotopic (exact) mass is 628 g/mol. The first-order valence-corrected chi connectivity index (χ1v) is 16.1. The summed E-state index contributed by atoms with van der Waals surface area (Å²) >= 11 is 0. The largest absolute Gasteiger partial charge is 0.491 e. The van der Waals surface area contributed by atoms with Crippen LogP contribution in [-0.4, -0.2) is 118 Å². The minimum Gasteiger partial charge on any atom is -0.491 e. The van der Waals surface area contributed by atoms with E-state index in [1.54, 1.807) is 24.3 Å². The second kappa shape index (κ2) is 32.3. The van der Waals surface area contributed by atoms with E-state index < -0.39 is 0 Å². The van der Waals surface area contributed by atoms with E-state index in [9.17, 15) is 9.59 Å². The molecule has 0 heterocycles. The number of aldehydes is 1. The lowest BCUT2D eigenvalue weighted by molar-refractivity contribution is -0.145. The molecule has 254 valence electrons. The van der Waals surface area contributed by atoms with Crippen LogP contribution in [0, 0.1) is 0 Å². The van der Waals surface area contributed by atoms with Crippen LogP contribution < -0.4 is 4.74 Å². The third-order valence-corrected chi connectivity index (χ3v) is 6.22. The Morgan fingerprint density at radius 3 is 1.34 bits per heavy atom. The summed E-state index contributed by atoms with van der Waals surface area (Å²) in [5.74, 6) is 0.561. The smallest absolute Gasteiger partial charge is 0.305 e. The standard InChI is InChI=1S/C33H56O11/c1-2-3-4-5-6-7-8-9-33(35)44-29-27-42-25-23-40-21-19-38-17-15-36-14-16-37-18-20-39-22-24-41-26-28-43-32-12-10-31(30-34)11-13-32/h10-13,30H,2-9,14-29H2,1H3. The van der Waals surface area contributed by atoms with Crippen molar-refractivity contribution in [1.29, 1.82) is 0 Å². The fourth-order valence-corrected chi connectivity index (χ4v) is 3.80. The molecular formula is C33H56O11. The van der Waals surface area contributed by atoms with Crippen molar-refractivity contribution in [2.45, 2.75) is 58.3 Å². The molecule has 0 saturated heterocycles.